The van der Waals surface area contributed by atoms with Gasteiger partial charge in [-0.1, -0.05) is 50.2 Å². The molecular formula is C30H37N3S2. The predicted molar refractivity (Wildman–Crippen MR) is 155 cm³/mol. The summed E-state index contributed by atoms with van der Waals surface area (Å²) >= 11 is 3.93. The Hall–Kier alpha value is -2.42. The summed E-state index contributed by atoms with van der Waals surface area (Å²) in [5, 5.41) is 11.6. The number of aromatic nitrogens is 1. The highest BCUT2D eigenvalue weighted by atomic mass is 32.2. The monoisotopic (exact) mass is 503 g/mol. The zero-order valence-electron chi connectivity index (χ0n) is 21.1. The third-order valence-corrected chi connectivity index (χ3v) is 8.21. The van der Waals surface area contributed by atoms with Crippen LogP contribution in [0.15, 0.2) is 82.4 Å². The number of para-hydroxylation sites is 2. The van der Waals surface area contributed by atoms with Crippen LogP contribution in [0.1, 0.15) is 58.8 Å². The van der Waals surface area contributed by atoms with Gasteiger partial charge in [-0.05, 0) is 74.1 Å². The minimum absolute atomic E-state index is 0.661. The lowest BCUT2D eigenvalue weighted by Crippen LogP contribution is -2.18. The summed E-state index contributed by atoms with van der Waals surface area (Å²) < 4.78 is 0. The number of fused-ring (bicyclic) bond motifs is 1. The second-order valence-corrected chi connectivity index (χ2v) is 10.5. The van der Waals surface area contributed by atoms with Crippen molar-refractivity contribution in [2.45, 2.75) is 63.7 Å². The first kappa shape index (κ1) is 27.2. The number of anilines is 1. The van der Waals surface area contributed by atoms with Gasteiger partial charge in [-0.25, -0.2) is 0 Å². The van der Waals surface area contributed by atoms with Gasteiger partial charge in [0.1, 0.15) is 0 Å². The van der Waals surface area contributed by atoms with Gasteiger partial charge in [-0.15, -0.1) is 23.5 Å². The first-order valence-electron chi connectivity index (χ1n) is 12.9. The van der Waals surface area contributed by atoms with Crippen molar-refractivity contribution < 1.29 is 0 Å². The maximum atomic E-state index is 8.91. The maximum Gasteiger partial charge on any atom is 0.0837 e. The number of allylic oxidation sites excluding steroid dienone is 1. The Morgan fingerprint density at radius 2 is 1.74 bits per heavy atom. The lowest BCUT2D eigenvalue weighted by molar-refractivity contribution is 0.692. The van der Waals surface area contributed by atoms with E-state index in [9.17, 15) is 0 Å². The van der Waals surface area contributed by atoms with E-state index in [0.29, 0.717) is 6.42 Å². The van der Waals surface area contributed by atoms with Crippen LogP contribution in [0.3, 0.4) is 0 Å². The molecule has 0 atom stereocenters. The van der Waals surface area contributed by atoms with Crippen LogP contribution in [0.4, 0.5) is 5.69 Å². The van der Waals surface area contributed by atoms with Gasteiger partial charge >= 0.3 is 0 Å². The molecule has 35 heavy (non-hydrogen) atoms. The summed E-state index contributed by atoms with van der Waals surface area (Å²) in [6.07, 6.45) is 9.28. The van der Waals surface area contributed by atoms with Crippen molar-refractivity contribution in [2.75, 3.05) is 23.0 Å². The molecule has 0 radical (unpaired) electrons. The summed E-state index contributed by atoms with van der Waals surface area (Å²) in [5.74, 6) is 2.26. The van der Waals surface area contributed by atoms with E-state index in [1.807, 2.05) is 49.6 Å². The molecule has 0 N–H and O–H groups in total. The Morgan fingerprint density at radius 3 is 2.54 bits per heavy atom. The molecule has 0 bridgehead atoms. The topological polar surface area (TPSA) is 39.9 Å². The number of thioether (sulfide) groups is 2. The molecule has 0 amide bonds. The van der Waals surface area contributed by atoms with Crippen LogP contribution in [0.5, 0.6) is 0 Å². The minimum atomic E-state index is 0.661. The zero-order valence-corrected chi connectivity index (χ0v) is 22.7. The lowest BCUT2D eigenvalue weighted by Gasteiger charge is -2.23. The van der Waals surface area contributed by atoms with Crippen molar-refractivity contribution in [3.05, 3.63) is 77.5 Å². The Morgan fingerprint density at radius 1 is 0.971 bits per heavy atom. The van der Waals surface area contributed by atoms with E-state index in [2.05, 4.69) is 70.6 Å². The third kappa shape index (κ3) is 8.05. The number of hydrogen-bond acceptors (Lipinski definition) is 5. The van der Waals surface area contributed by atoms with Crippen LogP contribution in [0.25, 0.3) is 10.9 Å². The number of rotatable bonds is 11. The summed E-state index contributed by atoms with van der Waals surface area (Å²) in [7, 11) is 0. The van der Waals surface area contributed by atoms with Gasteiger partial charge < -0.3 is 4.90 Å². The quantitative estimate of drug-likeness (QED) is 0.193. The van der Waals surface area contributed by atoms with E-state index in [4.69, 9.17) is 5.26 Å². The van der Waals surface area contributed by atoms with E-state index in [1.54, 1.807) is 5.57 Å². The number of hydrogen-bond donors (Lipinski definition) is 0. The average molecular weight is 504 g/mol. The van der Waals surface area contributed by atoms with Crippen LogP contribution in [-0.2, 0) is 0 Å². The molecule has 2 aromatic carbocycles. The number of pyridine rings is 1. The molecule has 0 spiro atoms. The van der Waals surface area contributed by atoms with Crippen LogP contribution >= 0.6 is 23.5 Å². The van der Waals surface area contributed by atoms with Crippen molar-refractivity contribution >= 4 is 40.1 Å². The van der Waals surface area contributed by atoms with Crippen LogP contribution < -0.4 is 4.90 Å². The van der Waals surface area contributed by atoms with Crippen molar-refractivity contribution in [3.8, 4) is 6.07 Å². The fraction of sp³-hybridized carbons (Fsp3) is 0.400. The van der Waals surface area contributed by atoms with E-state index in [1.165, 1.54) is 33.8 Å². The van der Waals surface area contributed by atoms with E-state index in [-0.39, 0.29) is 0 Å². The Balaban J connectivity index is 0.00000167. The molecule has 3 nitrogen and oxygen atoms in total. The highest BCUT2D eigenvalue weighted by Crippen LogP contribution is 2.38. The van der Waals surface area contributed by atoms with Crippen molar-refractivity contribution in [2.24, 2.45) is 0 Å². The first-order chi connectivity index (χ1) is 17.4. The fourth-order valence-electron chi connectivity index (χ4n) is 4.26. The van der Waals surface area contributed by atoms with Gasteiger partial charge in [0, 0.05) is 40.9 Å². The Labute approximate surface area is 220 Å². The standard InChI is InChI=1S/C28H31N3S2.C2H6/c29-18-7-2-3-11-24(28-31(20-22-33-28)25-15-4-1-5-16-25)12-6-8-21-32-26-17-9-13-23-14-10-19-30-27(23)26;1-2/h1,4-5,9-10,13-17,19H,2-3,6-8,11-12,20-22H2;1-2H3/b28-24-;. The molecule has 5 heteroatoms. The molecule has 0 unspecified atom stereocenters. The van der Waals surface area contributed by atoms with Gasteiger partial charge in [-0.2, -0.15) is 5.26 Å². The molecule has 3 aromatic rings. The minimum Gasteiger partial charge on any atom is -0.335 e. The van der Waals surface area contributed by atoms with Crippen molar-refractivity contribution in [1.82, 2.24) is 4.98 Å². The first-order valence-corrected chi connectivity index (χ1v) is 14.8. The second kappa shape index (κ2) is 15.5. The molecule has 0 saturated carbocycles. The average Bonchev–Trinajstić information content (AvgIpc) is 3.41. The summed E-state index contributed by atoms with van der Waals surface area (Å²) in [4.78, 5) is 8.37. The normalized spacial score (nSPS) is 14.4. The zero-order chi connectivity index (χ0) is 24.7. The molecule has 1 aliphatic heterocycles. The van der Waals surface area contributed by atoms with Gasteiger partial charge in [0.05, 0.1) is 16.6 Å². The summed E-state index contributed by atoms with van der Waals surface area (Å²) in [5.41, 5.74) is 3.99. The van der Waals surface area contributed by atoms with Gasteiger partial charge in [-0.3, -0.25) is 4.98 Å². The van der Waals surface area contributed by atoms with Crippen molar-refractivity contribution in [1.29, 1.82) is 5.26 Å². The molecule has 1 fully saturated rings. The number of nitriles is 1. The largest absolute Gasteiger partial charge is 0.335 e. The van der Waals surface area contributed by atoms with Gasteiger partial charge in [0.25, 0.3) is 0 Å². The predicted octanol–water partition coefficient (Wildman–Crippen LogP) is 9.07. The number of benzene rings is 2. The molecule has 1 saturated heterocycles. The SMILES string of the molecule is CC.N#CCCCC/C(CCCCSc1cccc2cccnc12)=C1/SCCN1c1ccccc1. The highest BCUT2D eigenvalue weighted by molar-refractivity contribution is 8.03. The van der Waals surface area contributed by atoms with Gasteiger partial charge in [0.2, 0.25) is 0 Å². The second-order valence-electron chi connectivity index (χ2n) is 8.25. The van der Waals surface area contributed by atoms with E-state index in [0.717, 1.165) is 49.3 Å². The molecule has 0 aliphatic carbocycles. The Bertz CT molecular complexity index is 1100. The van der Waals surface area contributed by atoms with Crippen LogP contribution in [-0.4, -0.2) is 23.0 Å². The van der Waals surface area contributed by atoms with E-state index < -0.39 is 0 Å². The van der Waals surface area contributed by atoms with Crippen molar-refractivity contribution in [3.63, 3.8) is 0 Å². The summed E-state index contributed by atoms with van der Waals surface area (Å²) in [6.45, 7) is 5.08. The molecule has 1 aromatic heterocycles. The van der Waals surface area contributed by atoms with Crippen LogP contribution in [0, 0.1) is 11.3 Å². The lowest BCUT2D eigenvalue weighted by atomic mass is 10.0. The van der Waals surface area contributed by atoms with E-state index >= 15 is 0 Å². The number of nitrogens with zero attached hydrogens (tertiary/aromatic N) is 3. The number of unbranched alkanes of at least 4 members (excludes halogenated alkanes) is 3. The maximum absolute atomic E-state index is 8.91. The fourth-order valence-corrected chi connectivity index (χ4v) is 6.54. The molecule has 4 rings (SSSR count). The molecule has 2 heterocycles. The molecule has 184 valence electrons. The molecule has 1 aliphatic rings. The third-order valence-electron chi connectivity index (χ3n) is 5.91. The smallest absolute Gasteiger partial charge is 0.0837 e. The molecular weight excluding hydrogens is 466 g/mol. The Kier molecular flexibility index (Phi) is 12.1. The highest BCUT2D eigenvalue weighted by Gasteiger charge is 2.22. The summed E-state index contributed by atoms with van der Waals surface area (Å²) in [6, 6.07) is 23.7. The van der Waals surface area contributed by atoms with Gasteiger partial charge in [0.15, 0.2) is 0 Å². The van der Waals surface area contributed by atoms with Crippen LogP contribution in [0.2, 0.25) is 0 Å².